The van der Waals surface area contributed by atoms with E-state index in [0.29, 0.717) is 12.2 Å². The van der Waals surface area contributed by atoms with Crippen molar-refractivity contribution in [1.29, 1.82) is 0 Å². The van der Waals surface area contributed by atoms with Gasteiger partial charge in [0.1, 0.15) is 12.4 Å². The number of hydrogen-bond donors (Lipinski definition) is 2. The smallest absolute Gasteiger partial charge is 0.312 e. The van der Waals surface area contributed by atoms with E-state index in [1.54, 1.807) is 0 Å². The van der Waals surface area contributed by atoms with Gasteiger partial charge in [0.2, 0.25) is 5.91 Å². The predicted molar refractivity (Wildman–Crippen MR) is 80.1 cm³/mol. The van der Waals surface area contributed by atoms with Crippen molar-refractivity contribution in [3.8, 4) is 0 Å². The van der Waals surface area contributed by atoms with Gasteiger partial charge in [-0.25, -0.2) is 4.39 Å². The SMILES string of the molecule is CCCCCOCC(=O)NCC(C(=O)O)c1ccc(F)cc1. The molecule has 122 valence electrons. The van der Waals surface area contributed by atoms with Crippen molar-refractivity contribution in [1.82, 2.24) is 5.32 Å². The van der Waals surface area contributed by atoms with Gasteiger partial charge >= 0.3 is 5.97 Å². The molecule has 1 unspecified atom stereocenters. The summed E-state index contributed by atoms with van der Waals surface area (Å²) < 4.78 is 18.1. The molecule has 2 N–H and O–H groups in total. The summed E-state index contributed by atoms with van der Waals surface area (Å²) in [4.78, 5) is 22.9. The molecule has 0 aliphatic heterocycles. The third-order valence-electron chi connectivity index (χ3n) is 3.20. The Morgan fingerprint density at radius 1 is 1.27 bits per heavy atom. The molecule has 0 fully saturated rings. The second-order valence-electron chi connectivity index (χ2n) is 5.01. The number of hydrogen-bond acceptors (Lipinski definition) is 3. The van der Waals surface area contributed by atoms with Crippen molar-refractivity contribution >= 4 is 11.9 Å². The molecule has 0 heterocycles. The van der Waals surface area contributed by atoms with E-state index in [2.05, 4.69) is 12.2 Å². The lowest BCUT2D eigenvalue weighted by atomic mass is 9.99. The van der Waals surface area contributed by atoms with Crippen LogP contribution in [0.25, 0.3) is 0 Å². The lowest BCUT2D eigenvalue weighted by Gasteiger charge is -2.14. The molecule has 0 saturated carbocycles. The Hall–Kier alpha value is -1.95. The number of ether oxygens (including phenoxy) is 1. The molecule has 0 aliphatic carbocycles. The summed E-state index contributed by atoms with van der Waals surface area (Å²) >= 11 is 0. The second-order valence-corrected chi connectivity index (χ2v) is 5.01. The van der Waals surface area contributed by atoms with Gasteiger partial charge in [0.05, 0.1) is 5.92 Å². The van der Waals surface area contributed by atoms with Crippen LogP contribution in [0, 0.1) is 5.82 Å². The summed E-state index contributed by atoms with van der Waals surface area (Å²) in [6, 6.07) is 5.21. The number of carboxylic acid groups (broad SMARTS) is 1. The van der Waals surface area contributed by atoms with Crippen molar-refractivity contribution in [3.63, 3.8) is 0 Å². The van der Waals surface area contributed by atoms with Crippen LogP contribution in [0.5, 0.6) is 0 Å². The first-order valence-corrected chi connectivity index (χ1v) is 7.37. The van der Waals surface area contributed by atoms with E-state index in [1.165, 1.54) is 24.3 Å². The maximum absolute atomic E-state index is 12.9. The maximum Gasteiger partial charge on any atom is 0.312 e. The Bertz CT molecular complexity index is 476. The van der Waals surface area contributed by atoms with Gasteiger partial charge in [-0.1, -0.05) is 31.9 Å². The molecule has 0 bridgehead atoms. The van der Waals surface area contributed by atoms with Crippen LogP contribution in [0.15, 0.2) is 24.3 Å². The van der Waals surface area contributed by atoms with Gasteiger partial charge in [0, 0.05) is 13.2 Å². The molecule has 1 aromatic carbocycles. The van der Waals surface area contributed by atoms with E-state index >= 15 is 0 Å². The highest BCUT2D eigenvalue weighted by atomic mass is 19.1. The van der Waals surface area contributed by atoms with Crippen LogP contribution in [0.1, 0.15) is 37.7 Å². The Kier molecular flexibility index (Phi) is 8.14. The Morgan fingerprint density at radius 2 is 1.95 bits per heavy atom. The molecule has 0 aliphatic rings. The highest BCUT2D eigenvalue weighted by Gasteiger charge is 2.20. The summed E-state index contributed by atoms with van der Waals surface area (Å²) in [5.74, 6) is -2.78. The van der Waals surface area contributed by atoms with E-state index < -0.39 is 17.7 Å². The van der Waals surface area contributed by atoms with Crippen LogP contribution < -0.4 is 5.32 Å². The topological polar surface area (TPSA) is 75.6 Å². The van der Waals surface area contributed by atoms with Crippen molar-refractivity contribution in [2.24, 2.45) is 0 Å². The number of carbonyl (C=O) groups excluding carboxylic acids is 1. The number of amides is 1. The summed E-state index contributed by atoms with van der Waals surface area (Å²) in [5, 5.41) is 11.7. The zero-order chi connectivity index (χ0) is 16.4. The van der Waals surface area contributed by atoms with E-state index in [-0.39, 0.29) is 19.1 Å². The summed E-state index contributed by atoms with van der Waals surface area (Å²) in [6.45, 7) is 2.45. The van der Waals surface area contributed by atoms with Crippen LogP contribution >= 0.6 is 0 Å². The van der Waals surface area contributed by atoms with Crippen LogP contribution in [-0.2, 0) is 14.3 Å². The monoisotopic (exact) mass is 311 g/mol. The minimum atomic E-state index is -1.07. The quantitative estimate of drug-likeness (QED) is 0.650. The number of unbranched alkanes of at least 4 members (excludes halogenated alkanes) is 2. The summed E-state index contributed by atoms with van der Waals surface area (Å²) in [7, 11) is 0. The van der Waals surface area contributed by atoms with Gasteiger partial charge in [-0.15, -0.1) is 0 Å². The second kappa shape index (κ2) is 9.89. The van der Waals surface area contributed by atoms with E-state index in [9.17, 15) is 19.1 Å². The highest BCUT2D eigenvalue weighted by Crippen LogP contribution is 2.15. The lowest BCUT2D eigenvalue weighted by Crippen LogP contribution is -2.34. The molecule has 0 radical (unpaired) electrons. The molecule has 1 amide bonds. The van der Waals surface area contributed by atoms with Crippen molar-refractivity contribution in [3.05, 3.63) is 35.6 Å². The number of nitrogens with one attached hydrogen (secondary N) is 1. The lowest BCUT2D eigenvalue weighted by molar-refractivity contribution is -0.138. The molecular formula is C16H22FNO4. The van der Waals surface area contributed by atoms with Crippen molar-refractivity contribution < 1.29 is 23.8 Å². The standard InChI is InChI=1S/C16H22FNO4/c1-2-3-4-9-22-11-15(19)18-10-14(16(20)21)12-5-7-13(17)8-6-12/h5-8,14H,2-4,9-11H2,1H3,(H,18,19)(H,20,21). The number of carbonyl (C=O) groups is 2. The number of halogens is 1. The largest absolute Gasteiger partial charge is 0.481 e. The molecule has 5 nitrogen and oxygen atoms in total. The van der Waals surface area contributed by atoms with Gasteiger partial charge in [-0.05, 0) is 24.1 Å². The first-order chi connectivity index (χ1) is 10.5. The fraction of sp³-hybridized carbons (Fsp3) is 0.500. The van der Waals surface area contributed by atoms with Crippen molar-refractivity contribution in [2.45, 2.75) is 32.1 Å². The molecule has 0 saturated heterocycles. The Labute approximate surface area is 129 Å². The zero-order valence-corrected chi connectivity index (χ0v) is 12.7. The fourth-order valence-electron chi connectivity index (χ4n) is 1.93. The van der Waals surface area contributed by atoms with Gasteiger partial charge in [0.15, 0.2) is 0 Å². The molecule has 0 spiro atoms. The van der Waals surface area contributed by atoms with Crippen LogP contribution in [0.4, 0.5) is 4.39 Å². The van der Waals surface area contributed by atoms with Crippen LogP contribution in [-0.4, -0.2) is 36.7 Å². The fourth-order valence-corrected chi connectivity index (χ4v) is 1.93. The third-order valence-corrected chi connectivity index (χ3v) is 3.20. The minimum absolute atomic E-state index is 0.0574. The van der Waals surface area contributed by atoms with E-state index in [0.717, 1.165) is 19.3 Å². The molecule has 1 aromatic rings. The van der Waals surface area contributed by atoms with E-state index in [1.807, 2.05) is 0 Å². The van der Waals surface area contributed by atoms with Crippen LogP contribution in [0.2, 0.25) is 0 Å². The van der Waals surface area contributed by atoms with Gasteiger partial charge in [0.25, 0.3) is 0 Å². The van der Waals surface area contributed by atoms with E-state index in [4.69, 9.17) is 4.74 Å². The number of benzene rings is 1. The molecule has 1 rings (SSSR count). The number of aliphatic carboxylic acids is 1. The summed E-state index contributed by atoms with van der Waals surface area (Å²) in [6.07, 6.45) is 3.03. The molecule has 22 heavy (non-hydrogen) atoms. The van der Waals surface area contributed by atoms with Crippen LogP contribution in [0.3, 0.4) is 0 Å². The number of rotatable bonds is 10. The Morgan fingerprint density at radius 3 is 2.55 bits per heavy atom. The first-order valence-electron chi connectivity index (χ1n) is 7.37. The zero-order valence-electron chi connectivity index (χ0n) is 12.7. The normalized spacial score (nSPS) is 11.9. The maximum atomic E-state index is 12.9. The first kappa shape index (κ1) is 18.1. The minimum Gasteiger partial charge on any atom is -0.481 e. The van der Waals surface area contributed by atoms with Gasteiger partial charge < -0.3 is 15.2 Å². The summed E-state index contributed by atoms with van der Waals surface area (Å²) in [5.41, 5.74) is 0.443. The predicted octanol–water partition coefficient (Wildman–Crippen LogP) is 2.32. The molecule has 6 heteroatoms. The molecule has 1 atom stereocenters. The average molecular weight is 311 g/mol. The van der Waals surface area contributed by atoms with Gasteiger partial charge in [-0.3, -0.25) is 9.59 Å². The Balaban J connectivity index is 2.40. The molecule has 0 aromatic heterocycles. The van der Waals surface area contributed by atoms with Gasteiger partial charge in [-0.2, -0.15) is 0 Å². The average Bonchev–Trinajstić information content (AvgIpc) is 2.48. The third kappa shape index (κ3) is 6.67. The molecular weight excluding hydrogens is 289 g/mol. The number of carboxylic acids is 1. The highest BCUT2D eigenvalue weighted by molar-refractivity contribution is 5.80. The van der Waals surface area contributed by atoms with Crippen molar-refractivity contribution in [2.75, 3.05) is 19.8 Å².